The molecule has 0 saturated carbocycles. The first-order chi connectivity index (χ1) is 9.52. The molecule has 0 aliphatic heterocycles. The van der Waals surface area contributed by atoms with Gasteiger partial charge in [0.1, 0.15) is 5.82 Å². The number of carbonyl (C=O) groups excluding carboxylic acids is 1. The number of halogens is 3. The predicted octanol–water partition coefficient (Wildman–Crippen LogP) is 3.78. The molecule has 104 valence electrons. The Morgan fingerprint density at radius 1 is 1.30 bits per heavy atom. The fourth-order valence-electron chi connectivity index (χ4n) is 1.64. The minimum Gasteiger partial charge on any atom is -0.321 e. The van der Waals surface area contributed by atoms with Crippen molar-refractivity contribution in [2.75, 3.05) is 10.7 Å². The summed E-state index contributed by atoms with van der Waals surface area (Å²) in [5.74, 6) is 4.13. The molecule has 0 heterocycles. The monoisotopic (exact) mass is 357 g/mol. The second kappa shape index (κ2) is 6.21. The fraction of sp³-hybridized carbons (Fsp3) is 0. The standard InChI is InChI=1S/C13H10BrClFN3O/c14-9-5-4-7(15)6-11(9)18-13(20)8-2-1-3-10(16)12(8)19-17/h1-6,19H,17H2,(H,18,20). The molecule has 2 aromatic rings. The maximum absolute atomic E-state index is 13.5. The second-order valence-corrected chi connectivity index (χ2v) is 5.18. The first-order valence-electron chi connectivity index (χ1n) is 5.54. The Balaban J connectivity index is 2.33. The molecule has 7 heteroatoms. The Bertz CT molecular complexity index is 666. The number of benzene rings is 2. The third-order valence-corrected chi connectivity index (χ3v) is 3.51. The van der Waals surface area contributed by atoms with Gasteiger partial charge in [-0.15, -0.1) is 0 Å². The number of amides is 1. The Hall–Kier alpha value is -1.63. The topological polar surface area (TPSA) is 67.1 Å². The minimum absolute atomic E-state index is 0.0665. The van der Waals surface area contributed by atoms with Crippen molar-refractivity contribution in [3.05, 3.63) is 57.3 Å². The van der Waals surface area contributed by atoms with Gasteiger partial charge in [-0.3, -0.25) is 10.6 Å². The van der Waals surface area contributed by atoms with Crippen LogP contribution in [-0.2, 0) is 0 Å². The fourth-order valence-corrected chi connectivity index (χ4v) is 2.16. The Kier molecular flexibility index (Phi) is 4.59. The van der Waals surface area contributed by atoms with Crippen LogP contribution in [0.4, 0.5) is 15.8 Å². The van der Waals surface area contributed by atoms with E-state index in [1.54, 1.807) is 18.2 Å². The largest absolute Gasteiger partial charge is 0.321 e. The van der Waals surface area contributed by atoms with Crippen LogP contribution in [-0.4, -0.2) is 5.91 Å². The molecule has 0 radical (unpaired) electrons. The van der Waals surface area contributed by atoms with Crippen molar-refractivity contribution in [3.8, 4) is 0 Å². The number of nitrogens with one attached hydrogen (secondary N) is 2. The number of nitrogens with two attached hydrogens (primary N) is 1. The van der Waals surface area contributed by atoms with Gasteiger partial charge in [0.15, 0.2) is 0 Å². The number of nitrogen functional groups attached to an aromatic ring is 1. The molecule has 2 aromatic carbocycles. The van der Waals surface area contributed by atoms with E-state index >= 15 is 0 Å². The number of hydrogen-bond donors (Lipinski definition) is 3. The molecule has 20 heavy (non-hydrogen) atoms. The predicted molar refractivity (Wildman–Crippen MR) is 81.3 cm³/mol. The Morgan fingerprint density at radius 2 is 2.05 bits per heavy atom. The Labute approximate surface area is 128 Å². The highest BCUT2D eigenvalue weighted by Crippen LogP contribution is 2.27. The highest BCUT2D eigenvalue weighted by atomic mass is 79.9. The highest BCUT2D eigenvalue weighted by Gasteiger charge is 2.15. The molecule has 0 atom stereocenters. The molecular formula is C13H10BrClFN3O. The lowest BCUT2D eigenvalue weighted by Crippen LogP contribution is -2.18. The third-order valence-electron chi connectivity index (χ3n) is 2.58. The molecule has 0 aliphatic rings. The molecule has 4 nitrogen and oxygen atoms in total. The normalized spacial score (nSPS) is 10.2. The van der Waals surface area contributed by atoms with Gasteiger partial charge in [0.05, 0.1) is 16.9 Å². The molecule has 1 amide bonds. The van der Waals surface area contributed by atoms with Gasteiger partial charge in [-0.1, -0.05) is 17.7 Å². The van der Waals surface area contributed by atoms with Gasteiger partial charge in [0.25, 0.3) is 5.91 Å². The van der Waals surface area contributed by atoms with Crippen molar-refractivity contribution in [2.24, 2.45) is 5.84 Å². The van der Waals surface area contributed by atoms with Crippen molar-refractivity contribution in [1.82, 2.24) is 0 Å². The van der Waals surface area contributed by atoms with Crippen LogP contribution in [0.1, 0.15) is 10.4 Å². The highest BCUT2D eigenvalue weighted by molar-refractivity contribution is 9.10. The molecule has 0 unspecified atom stereocenters. The van der Waals surface area contributed by atoms with Crippen LogP contribution in [0.3, 0.4) is 0 Å². The molecule has 0 bridgehead atoms. The summed E-state index contributed by atoms with van der Waals surface area (Å²) in [7, 11) is 0. The zero-order valence-corrected chi connectivity index (χ0v) is 12.4. The summed E-state index contributed by atoms with van der Waals surface area (Å²) in [6, 6.07) is 9.06. The number of anilines is 2. The van der Waals surface area contributed by atoms with Gasteiger partial charge in [0, 0.05) is 9.50 Å². The lowest BCUT2D eigenvalue weighted by Gasteiger charge is -2.11. The van der Waals surface area contributed by atoms with Gasteiger partial charge >= 0.3 is 0 Å². The summed E-state index contributed by atoms with van der Waals surface area (Å²) in [5.41, 5.74) is 2.69. The smallest absolute Gasteiger partial charge is 0.257 e. The number of rotatable bonds is 3. The van der Waals surface area contributed by atoms with E-state index in [2.05, 4.69) is 26.7 Å². The second-order valence-electron chi connectivity index (χ2n) is 3.89. The summed E-state index contributed by atoms with van der Waals surface area (Å²) in [6.45, 7) is 0. The number of hydrogen-bond acceptors (Lipinski definition) is 3. The quantitative estimate of drug-likeness (QED) is 0.578. The zero-order chi connectivity index (χ0) is 14.7. The van der Waals surface area contributed by atoms with Crippen molar-refractivity contribution in [3.63, 3.8) is 0 Å². The van der Waals surface area contributed by atoms with Crippen molar-refractivity contribution < 1.29 is 9.18 Å². The molecule has 0 aliphatic carbocycles. The van der Waals surface area contributed by atoms with Gasteiger partial charge in [-0.05, 0) is 46.3 Å². The lowest BCUT2D eigenvalue weighted by molar-refractivity contribution is 0.102. The van der Waals surface area contributed by atoms with Gasteiger partial charge in [-0.25, -0.2) is 4.39 Å². The van der Waals surface area contributed by atoms with Crippen LogP contribution < -0.4 is 16.6 Å². The third kappa shape index (κ3) is 3.09. The average molecular weight is 359 g/mol. The summed E-state index contributed by atoms with van der Waals surface area (Å²) in [5, 5.41) is 3.11. The van der Waals surface area contributed by atoms with E-state index in [-0.39, 0.29) is 11.3 Å². The van der Waals surface area contributed by atoms with Crippen LogP contribution in [0.2, 0.25) is 5.02 Å². The first-order valence-corrected chi connectivity index (χ1v) is 6.71. The summed E-state index contributed by atoms with van der Waals surface area (Å²) in [6.07, 6.45) is 0. The molecule has 0 saturated heterocycles. The molecule has 0 fully saturated rings. The van der Waals surface area contributed by atoms with Crippen LogP contribution in [0.5, 0.6) is 0 Å². The molecule has 0 aromatic heterocycles. The van der Waals surface area contributed by atoms with E-state index in [1.165, 1.54) is 18.2 Å². The van der Waals surface area contributed by atoms with E-state index in [4.69, 9.17) is 17.4 Å². The van der Waals surface area contributed by atoms with E-state index in [9.17, 15) is 9.18 Å². The SMILES string of the molecule is NNc1c(F)cccc1C(=O)Nc1cc(Cl)ccc1Br. The maximum atomic E-state index is 13.5. The average Bonchev–Trinajstić information content (AvgIpc) is 2.42. The minimum atomic E-state index is -0.606. The summed E-state index contributed by atoms with van der Waals surface area (Å²) >= 11 is 9.16. The van der Waals surface area contributed by atoms with Crippen LogP contribution in [0, 0.1) is 5.82 Å². The number of hydrazine groups is 1. The van der Waals surface area contributed by atoms with Gasteiger partial charge < -0.3 is 10.7 Å². The Morgan fingerprint density at radius 3 is 2.75 bits per heavy atom. The molecule has 0 spiro atoms. The van der Waals surface area contributed by atoms with E-state index in [1.807, 2.05) is 0 Å². The molecule has 2 rings (SSSR count). The van der Waals surface area contributed by atoms with E-state index in [0.29, 0.717) is 15.2 Å². The van der Waals surface area contributed by atoms with Gasteiger partial charge in [-0.2, -0.15) is 0 Å². The van der Waals surface area contributed by atoms with E-state index in [0.717, 1.165) is 0 Å². The number of para-hydroxylation sites is 1. The lowest BCUT2D eigenvalue weighted by atomic mass is 10.1. The van der Waals surface area contributed by atoms with Crippen LogP contribution in [0.25, 0.3) is 0 Å². The van der Waals surface area contributed by atoms with Crippen molar-refractivity contribution in [2.45, 2.75) is 0 Å². The summed E-state index contributed by atoms with van der Waals surface area (Å²) in [4.78, 5) is 12.2. The van der Waals surface area contributed by atoms with Gasteiger partial charge in [0.2, 0.25) is 0 Å². The molecule has 4 N–H and O–H groups in total. The van der Waals surface area contributed by atoms with Crippen LogP contribution >= 0.6 is 27.5 Å². The zero-order valence-electron chi connectivity index (χ0n) is 10.1. The van der Waals surface area contributed by atoms with Crippen molar-refractivity contribution >= 4 is 44.8 Å². The first kappa shape index (κ1) is 14.8. The van der Waals surface area contributed by atoms with Crippen LogP contribution in [0.15, 0.2) is 40.9 Å². The van der Waals surface area contributed by atoms with Crippen molar-refractivity contribution in [1.29, 1.82) is 0 Å². The maximum Gasteiger partial charge on any atom is 0.257 e. The van der Waals surface area contributed by atoms with E-state index < -0.39 is 11.7 Å². The summed E-state index contributed by atoms with van der Waals surface area (Å²) < 4.78 is 14.2. The molecular weight excluding hydrogens is 349 g/mol. The number of carbonyl (C=O) groups is 1.